The van der Waals surface area contributed by atoms with Crippen molar-refractivity contribution in [3.8, 4) is 5.75 Å². The Morgan fingerprint density at radius 3 is 2.65 bits per heavy atom. The van der Waals surface area contributed by atoms with E-state index in [1.165, 1.54) is 18.7 Å². The monoisotopic (exact) mass is 449 g/mol. The van der Waals surface area contributed by atoms with Crippen LogP contribution in [-0.4, -0.2) is 7.11 Å². The van der Waals surface area contributed by atoms with Gasteiger partial charge in [0.25, 0.3) is 0 Å². The van der Waals surface area contributed by atoms with Crippen molar-refractivity contribution in [2.24, 2.45) is 5.73 Å². The normalized spacial score (nSPS) is 12.3. The lowest BCUT2D eigenvalue weighted by atomic mass is 9.97. The van der Waals surface area contributed by atoms with Crippen LogP contribution < -0.4 is 10.5 Å². The minimum Gasteiger partial charge on any atom is -0.496 e. The second-order valence-electron chi connectivity index (χ2n) is 4.46. The zero-order valence-corrected chi connectivity index (χ0v) is 14.8. The van der Waals surface area contributed by atoms with Crippen LogP contribution in [0.25, 0.3) is 0 Å². The zero-order valence-electron chi connectivity index (χ0n) is 11.1. The van der Waals surface area contributed by atoms with Crippen molar-refractivity contribution < 1.29 is 9.13 Å². The third-order valence-corrected chi connectivity index (χ3v) is 5.25. The molecule has 1 atom stereocenters. The Labute approximate surface area is 139 Å². The topological polar surface area (TPSA) is 35.2 Å². The second kappa shape index (κ2) is 6.41. The zero-order chi connectivity index (χ0) is 14.9. The van der Waals surface area contributed by atoms with Gasteiger partial charge in [-0.3, -0.25) is 0 Å². The molecule has 1 unspecified atom stereocenters. The molecule has 5 heteroatoms. The predicted octanol–water partition coefficient (Wildman–Crippen LogP) is 4.56. The lowest BCUT2D eigenvalue weighted by Gasteiger charge is -2.19. The molecule has 0 saturated carbocycles. The summed E-state index contributed by atoms with van der Waals surface area (Å²) in [6, 6.07) is 8.65. The van der Waals surface area contributed by atoms with Gasteiger partial charge in [-0.25, -0.2) is 4.39 Å². The van der Waals surface area contributed by atoms with Gasteiger partial charge < -0.3 is 10.5 Å². The van der Waals surface area contributed by atoms with Crippen molar-refractivity contribution in [3.63, 3.8) is 0 Å². The second-order valence-corrected chi connectivity index (χ2v) is 6.40. The molecule has 0 amide bonds. The fraction of sp³-hybridized carbons (Fsp3) is 0.200. The molecule has 106 valence electrons. The van der Waals surface area contributed by atoms with Crippen LogP contribution >= 0.6 is 38.5 Å². The van der Waals surface area contributed by atoms with Gasteiger partial charge in [0, 0.05) is 15.2 Å². The van der Waals surface area contributed by atoms with Crippen LogP contribution in [0.5, 0.6) is 5.75 Å². The molecular formula is C15H14BrFINO. The molecule has 0 bridgehead atoms. The number of halogens is 3. The Morgan fingerprint density at radius 2 is 2.00 bits per heavy atom. The largest absolute Gasteiger partial charge is 0.496 e. The van der Waals surface area contributed by atoms with Gasteiger partial charge in [-0.1, -0.05) is 18.2 Å². The van der Waals surface area contributed by atoms with E-state index in [0.717, 1.165) is 14.7 Å². The maximum atomic E-state index is 13.6. The molecule has 2 aromatic rings. The highest BCUT2D eigenvalue weighted by molar-refractivity contribution is 14.1. The van der Waals surface area contributed by atoms with Crippen LogP contribution in [0, 0.1) is 16.3 Å². The summed E-state index contributed by atoms with van der Waals surface area (Å²) in [5.41, 5.74) is 9.27. The van der Waals surface area contributed by atoms with Crippen LogP contribution in [-0.2, 0) is 0 Å². The van der Waals surface area contributed by atoms with Crippen LogP contribution in [0.2, 0.25) is 0 Å². The number of benzene rings is 2. The van der Waals surface area contributed by atoms with Gasteiger partial charge in [-0.05, 0) is 62.6 Å². The summed E-state index contributed by atoms with van der Waals surface area (Å²) in [6.45, 7) is 2.04. The van der Waals surface area contributed by atoms with Crippen LogP contribution in [0.1, 0.15) is 22.7 Å². The molecule has 2 aromatic carbocycles. The standard InChI is InChI=1S/C15H14BrFINO/c1-8-4-3-5-9(14(8)18)15(19)10-6-11(16)12(17)7-13(10)20-2/h3-7,15H,19H2,1-2H3. The summed E-state index contributed by atoms with van der Waals surface area (Å²) in [7, 11) is 1.51. The molecular weight excluding hydrogens is 436 g/mol. The Bertz CT molecular complexity index is 648. The fourth-order valence-electron chi connectivity index (χ4n) is 2.04. The van der Waals surface area contributed by atoms with Crippen molar-refractivity contribution >= 4 is 38.5 Å². The van der Waals surface area contributed by atoms with E-state index in [4.69, 9.17) is 10.5 Å². The lowest BCUT2D eigenvalue weighted by Crippen LogP contribution is -2.15. The summed E-state index contributed by atoms with van der Waals surface area (Å²) in [5, 5.41) is 0. The molecule has 0 radical (unpaired) electrons. The maximum absolute atomic E-state index is 13.6. The Balaban J connectivity index is 2.55. The predicted molar refractivity (Wildman–Crippen MR) is 90.6 cm³/mol. The quantitative estimate of drug-likeness (QED) is 0.697. The van der Waals surface area contributed by atoms with Crippen LogP contribution in [0.4, 0.5) is 4.39 Å². The Kier molecular flexibility index (Phi) is 5.04. The van der Waals surface area contributed by atoms with Crippen LogP contribution in [0.3, 0.4) is 0 Å². The van der Waals surface area contributed by atoms with Crippen molar-refractivity contribution in [2.45, 2.75) is 13.0 Å². The summed E-state index contributed by atoms with van der Waals surface area (Å²) in [6.07, 6.45) is 0. The van der Waals surface area contributed by atoms with Crippen molar-refractivity contribution in [2.75, 3.05) is 7.11 Å². The first-order chi connectivity index (χ1) is 9.45. The van der Waals surface area contributed by atoms with Gasteiger partial charge in [-0.15, -0.1) is 0 Å². The van der Waals surface area contributed by atoms with E-state index in [1.54, 1.807) is 6.07 Å². The molecule has 0 fully saturated rings. The van der Waals surface area contributed by atoms with Gasteiger partial charge in [0.1, 0.15) is 11.6 Å². The van der Waals surface area contributed by atoms with Crippen molar-refractivity contribution in [1.29, 1.82) is 0 Å². The van der Waals surface area contributed by atoms with Gasteiger partial charge in [0.05, 0.1) is 17.6 Å². The van der Waals surface area contributed by atoms with Crippen LogP contribution in [0.15, 0.2) is 34.8 Å². The summed E-state index contributed by atoms with van der Waals surface area (Å²) in [4.78, 5) is 0. The van der Waals surface area contributed by atoms with E-state index < -0.39 is 0 Å². The van der Waals surface area contributed by atoms with Crippen molar-refractivity contribution in [1.82, 2.24) is 0 Å². The maximum Gasteiger partial charge on any atom is 0.141 e. The highest BCUT2D eigenvalue weighted by atomic mass is 127. The molecule has 0 spiro atoms. The number of rotatable bonds is 3. The van der Waals surface area contributed by atoms with Gasteiger partial charge in [0.15, 0.2) is 0 Å². The van der Waals surface area contributed by atoms with Gasteiger partial charge >= 0.3 is 0 Å². The highest BCUT2D eigenvalue weighted by Crippen LogP contribution is 2.34. The van der Waals surface area contributed by atoms with E-state index in [-0.39, 0.29) is 11.9 Å². The van der Waals surface area contributed by atoms with E-state index in [1.807, 2.05) is 25.1 Å². The summed E-state index contributed by atoms with van der Waals surface area (Å²) >= 11 is 5.47. The third-order valence-electron chi connectivity index (χ3n) is 3.16. The molecule has 0 saturated heterocycles. The fourth-order valence-corrected chi connectivity index (χ4v) is 3.10. The first-order valence-corrected chi connectivity index (χ1v) is 7.86. The average Bonchev–Trinajstić information content (AvgIpc) is 2.43. The van der Waals surface area contributed by atoms with Crippen molar-refractivity contribution in [3.05, 3.63) is 60.9 Å². The molecule has 2 N–H and O–H groups in total. The average molecular weight is 450 g/mol. The smallest absolute Gasteiger partial charge is 0.141 e. The third kappa shape index (κ3) is 2.99. The molecule has 0 aliphatic rings. The minimum absolute atomic E-state index is 0.364. The van der Waals surface area contributed by atoms with E-state index in [0.29, 0.717) is 10.2 Å². The molecule has 20 heavy (non-hydrogen) atoms. The number of hydrogen-bond donors (Lipinski definition) is 1. The molecule has 2 rings (SSSR count). The molecule has 0 aromatic heterocycles. The molecule has 2 nitrogen and oxygen atoms in total. The van der Waals surface area contributed by atoms with E-state index in [9.17, 15) is 4.39 Å². The van der Waals surface area contributed by atoms with E-state index >= 15 is 0 Å². The van der Waals surface area contributed by atoms with Gasteiger partial charge in [-0.2, -0.15) is 0 Å². The number of ether oxygens (including phenoxy) is 1. The lowest BCUT2D eigenvalue weighted by molar-refractivity contribution is 0.404. The minimum atomic E-state index is -0.367. The number of aryl methyl sites for hydroxylation is 1. The number of hydrogen-bond acceptors (Lipinski definition) is 2. The van der Waals surface area contributed by atoms with Gasteiger partial charge in [0.2, 0.25) is 0 Å². The number of methoxy groups -OCH3 is 1. The molecule has 0 heterocycles. The first kappa shape index (κ1) is 15.7. The first-order valence-electron chi connectivity index (χ1n) is 5.99. The Hall–Kier alpha value is -0.660. The summed E-state index contributed by atoms with van der Waals surface area (Å²) < 4.78 is 20.3. The molecule has 0 aliphatic carbocycles. The highest BCUT2D eigenvalue weighted by Gasteiger charge is 2.19. The SMILES string of the molecule is COc1cc(F)c(Br)cc1C(N)c1cccc(C)c1I. The van der Waals surface area contributed by atoms with E-state index in [2.05, 4.69) is 38.5 Å². The number of nitrogens with two attached hydrogens (primary N) is 1. The Morgan fingerprint density at radius 1 is 1.30 bits per heavy atom. The summed E-state index contributed by atoms with van der Waals surface area (Å²) in [5.74, 6) is 0.0900. The molecule has 0 aliphatic heterocycles.